The second kappa shape index (κ2) is 9.65. The lowest BCUT2D eigenvalue weighted by atomic mass is 9.89. The molecule has 5 nitrogen and oxygen atoms in total. The number of carbonyl (C=O) groups is 1. The zero-order chi connectivity index (χ0) is 19.1. The van der Waals surface area contributed by atoms with E-state index in [9.17, 15) is 4.79 Å². The van der Waals surface area contributed by atoms with Crippen molar-refractivity contribution in [2.75, 3.05) is 33.3 Å². The summed E-state index contributed by atoms with van der Waals surface area (Å²) in [6, 6.07) is 18.6. The third kappa shape index (κ3) is 5.39. The minimum absolute atomic E-state index is 0.0524. The molecule has 144 valence electrons. The van der Waals surface area contributed by atoms with Gasteiger partial charge in [0.2, 0.25) is 5.91 Å². The molecule has 27 heavy (non-hydrogen) atoms. The first-order valence-electron chi connectivity index (χ1n) is 9.50. The Kier molecular flexibility index (Phi) is 6.98. The van der Waals surface area contributed by atoms with Crippen LogP contribution < -0.4 is 11.1 Å². The minimum Gasteiger partial charge on any atom is -0.380 e. The molecular weight excluding hydrogens is 338 g/mol. The summed E-state index contributed by atoms with van der Waals surface area (Å²) in [6.07, 6.45) is 0. The fraction of sp³-hybridized carbons (Fsp3) is 0.409. The molecule has 3 rings (SSSR count). The maximum absolute atomic E-state index is 12.4. The van der Waals surface area contributed by atoms with Gasteiger partial charge in [-0.1, -0.05) is 54.6 Å². The topological polar surface area (TPSA) is 67.6 Å². The van der Waals surface area contributed by atoms with Crippen molar-refractivity contribution in [2.24, 2.45) is 11.7 Å². The number of methoxy groups -OCH3 is 1. The summed E-state index contributed by atoms with van der Waals surface area (Å²) in [5, 5.41) is 3.03. The van der Waals surface area contributed by atoms with E-state index in [1.807, 2.05) is 24.3 Å². The van der Waals surface area contributed by atoms with E-state index in [0.717, 1.165) is 24.2 Å². The molecule has 1 heterocycles. The molecule has 1 aliphatic heterocycles. The lowest BCUT2D eigenvalue weighted by Crippen LogP contribution is -2.36. The van der Waals surface area contributed by atoms with Crippen LogP contribution in [0.1, 0.15) is 22.6 Å². The number of amides is 1. The number of ether oxygens (including phenoxy) is 1. The predicted octanol–water partition coefficient (Wildman–Crippen LogP) is 2.12. The smallest absolute Gasteiger partial charge is 0.234 e. The molecule has 0 aromatic heterocycles. The maximum Gasteiger partial charge on any atom is 0.234 e. The van der Waals surface area contributed by atoms with Crippen molar-refractivity contribution in [3.63, 3.8) is 0 Å². The monoisotopic (exact) mass is 367 g/mol. The van der Waals surface area contributed by atoms with Crippen LogP contribution in [0.4, 0.5) is 0 Å². The highest BCUT2D eigenvalue weighted by Crippen LogP contribution is 2.31. The number of likely N-dealkylation sites (tertiary alicyclic amines) is 1. The van der Waals surface area contributed by atoms with E-state index >= 15 is 0 Å². The molecule has 2 aromatic carbocycles. The zero-order valence-corrected chi connectivity index (χ0v) is 15.9. The predicted molar refractivity (Wildman–Crippen MR) is 107 cm³/mol. The molecule has 2 atom stereocenters. The van der Waals surface area contributed by atoms with Crippen LogP contribution in [0.15, 0.2) is 54.6 Å². The minimum atomic E-state index is 0.0524. The molecule has 0 unspecified atom stereocenters. The third-order valence-electron chi connectivity index (χ3n) is 5.21. The summed E-state index contributed by atoms with van der Waals surface area (Å²) >= 11 is 0. The number of nitrogens with zero attached hydrogens (tertiary/aromatic N) is 1. The summed E-state index contributed by atoms with van der Waals surface area (Å²) in [6.45, 7) is 3.92. The number of nitrogens with one attached hydrogen (secondary N) is 1. The normalized spacial score (nSPS) is 19.9. The summed E-state index contributed by atoms with van der Waals surface area (Å²) < 4.78 is 5.16. The summed E-state index contributed by atoms with van der Waals surface area (Å²) in [5.41, 5.74) is 9.50. The molecule has 3 N–H and O–H groups in total. The van der Waals surface area contributed by atoms with Gasteiger partial charge in [0.05, 0.1) is 13.2 Å². The Morgan fingerprint density at radius 3 is 2.67 bits per heavy atom. The van der Waals surface area contributed by atoms with Gasteiger partial charge < -0.3 is 15.8 Å². The summed E-state index contributed by atoms with van der Waals surface area (Å²) in [7, 11) is 1.68. The molecular formula is C22H29N3O2. The fourth-order valence-corrected chi connectivity index (χ4v) is 3.86. The van der Waals surface area contributed by atoms with E-state index in [4.69, 9.17) is 10.5 Å². The third-order valence-corrected chi connectivity index (χ3v) is 5.21. The van der Waals surface area contributed by atoms with Gasteiger partial charge in [0.25, 0.3) is 0 Å². The lowest BCUT2D eigenvalue weighted by molar-refractivity contribution is -0.122. The van der Waals surface area contributed by atoms with Crippen LogP contribution in [-0.4, -0.2) is 44.1 Å². The first-order valence-corrected chi connectivity index (χ1v) is 9.50. The molecule has 1 fully saturated rings. The van der Waals surface area contributed by atoms with Crippen molar-refractivity contribution in [1.82, 2.24) is 10.2 Å². The Hall–Kier alpha value is -2.21. The van der Waals surface area contributed by atoms with Crippen LogP contribution in [0.25, 0.3) is 0 Å². The van der Waals surface area contributed by atoms with Gasteiger partial charge in [-0.05, 0) is 29.2 Å². The fourth-order valence-electron chi connectivity index (χ4n) is 3.86. The van der Waals surface area contributed by atoms with Crippen molar-refractivity contribution >= 4 is 5.91 Å². The lowest BCUT2D eigenvalue weighted by Gasteiger charge is -2.16. The first-order chi connectivity index (χ1) is 13.2. The number of nitrogens with two attached hydrogens (primary N) is 1. The van der Waals surface area contributed by atoms with E-state index in [-0.39, 0.29) is 5.91 Å². The molecule has 1 aliphatic rings. The van der Waals surface area contributed by atoms with E-state index in [0.29, 0.717) is 38.1 Å². The Balaban J connectivity index is 1.51. The Bertz CT molecular complexity index is 735. The Morgan fingerprint density at radius 2 is 1.93 bits per heavy atom. The van der Waals surface area contributed by atoms with E-state index < -0.39 is 0 Å². The van der Waals surface area contributed by atoms with Crippen LogP contribution in [0.5, 0.6) is 0 Å². The number of carbonyl (C=O) groups excluding carboxylic acids is 1. The van der Waals surface area contributed by atoms with E-state index in [1.165, 1.54) is 5.56 Å². The first kappa shape index (κ1) is 19.5. The van der Waals surface area contributed by atoms with E-state index in [1.54, 1.807) is 7.11 Å². The van der Waals surface area contributed by atoms with Gasteiger partial charge in [-0.15, -0.1) is 0 Å². The van der Waals surface area contributed by atoms with Crippen molar-refractivity contribution < 1.29 is 9.53 Å². The summed E-state index contributed by atoms with van der Waals surface area (Å²) in [4.78, 5) is 14.6. The van der Waals surface area contributed by atoms with Crippen molar-refractivity contribution in [1.29, 1.82) is 0 Å². The second-order valence-corrected chi connectivity index (χ2v) is 7.24. The SMILES string of the molecule is COCc1cccc(CNC(=O)CN2C[C@@H](CN)[C@H](c3ccccc3)C2)c1. The van der Waals surface area contributed by atoms with Gasteiger partial charge >= 0.3 is 0 Å². The quantitative estimate of drug-likeness (QED) is 0.750. The van der Waals surface area contributed by atoms with Crippen molar-refractivity contribution in [3.8, 4) is 0 Å². The molecule has 0 saturated carbocycles. The summed E-state index contributed by atoms with van der Waals surface area (Å²) in [5.74, 6) is 0.845. The number of rotatable bonds is 8. The van der Waals surface area contributed by atoms with Crippen LogP contribution >= 0.6 is 0 Å². The largest absolute Gasteiger partial charge is 0.380 e. The van der Waals surface area contributed by atoms with Gasteiger partial charge in [-0.3, -0.25) is 9.69 Å². The van der Waals surface area contributed by atoms with Gasteiger partial charge in [-0.2, -0.15) is 0 Å². The van der Waals surface area contributed by atoms with Gasteiger partial charge in [0, 0.05) is 32.7 Å². The Labute approximate surface area is 161 Å². The van der Waals surface area contributed by atoms with Crippen molar-refractivity contribution in [3.05, 3.63) is 71.3 Å². The molecule has 0 radical (unpaired) electrons. The molecule has 0 spiro atoms. The number of hydrogen-bond donors (Lipinski definition) is 2. The molecule has 2 aromatic rings. The highest BCUT2D eigenvalue weighted by atomic mass is 16.5. The molecule has 5 heteroatoms. The zero-order valence-electron chi connectivity index (χ0n) is 15.9. The molecule has 1 amide bonds. The molecule has 1 saturated heterocycles. The number of hydrogen-bond acceptors (Lipinski definition) is 4. The highest BCUT2D eigenvalue weighted by molar-refractivity contribution is 5.78. The van der Waals surface area contributed by atoms with Crippen molar-refractivity contribution in [2.45, 2.75) is 19.1 Å². The van der Waals surface area contributed by atoms with E-state index in [2.05, 4.69) is 40.5 Å². The van der Waals surface area contributed by atoms with Gasteiger partial charge in [0.15, 0.2) is 0 Å². The maximum atomic E-state index is 12.4. The highest BCUT2D eigenvalue weighted by Gasteiger charge is 2.33. The van der Waals surface area contributed by atoms with Gasteiger partial charge in [0.1, 0.15) is 0 Å². The Morgan fingerprint density at radius 1 is 1.15 bits per heavy atom. The standard InChI is InChI=1S/C22H29N3O2/c1-27-16-18-7-5-6-17(10-18)12-24-22(26)15-25-13-20(11-23)21(14-25)19-8-3-2-4-9-19/h2-10,20-21H,11-16,23H2,1H3,(H,24,26)/t20-,21+/m1/s1. The average molecular weight is 367 g/mol. The van der Waals surface area contributed by atoms with Crippen LogP contribution in [0.2, 0.25) is 0 Å². The van der Waals surface area contributed by atoms with Crippen LogP contribution in [0.3, 0.4) is 0 Å². The average Bonchev–Trinajstić information content (AvgIpc) is 3.10. The molecule has 0 bridgehead atoms. The second-order valence-electron chi connectivity index (χ2n) is 7.24. The van der Waals surface area contributed by atoms with Crippen LogP contribution in [0, 0.1) is 5.92 Å². The molecule has 0 aliphatic carbocycles. The van der Waals surface area contributed by atoms with Crippen LogP contribution in [-0.2, 0) is 22.7 Å². The van der Waals surface area contributed by atoms with Gasteiger partial charge in [-0.25, -0.2) is 0 Å². The number of benzene rings is 2.